The van der Waals surface area contributed by atoms with E-state index in [1.165, 1.54) is 0 Å². The molecule has 5 heteroatoms. The van der Waals surface area contributed by atoms with E-state index in [9.17, 15) is 0 Å². The molecule has 2 N–H and O–H groups in total. The number of hydrogen-bond acceptors (Lipinski definition) is 5. The maximum absolute atomic E-state index is 4.05. The monoisotopic (exact) mass is 210 g/mol. The second-order valence-electron chi connectivity index (χ2n) is 3.31. The summed E-state index contributed by atoms with van der Waals surface area (Å²) in [6.07, 6.45) is 4.98. The van der Waals surface area contributed by atoms with E-state index in [0.29, 0.717) is 6.04 Å². The van der Waals surface area contributed by atoms with Gasteiger partial charge in [0.2, 0.25) is 0 Å². The molecule has 1 aromatic rings. The van der Waals surface area contributed by atoms with E-state index >= 15 is 0 Å². The molecule has 2 rings (SSSR count). The zero-order chi connectivity index (χ0) is 9.80. The van der Waals surface area contributed by atoms with Crippen molar-refractivity contribution in [3.8, 4) is 0 Å². The van der Waals surface area contributed by atoms with Gasteiger partial charge in [0.1, 0.15) is 5.82 Å². The number of nitrogens with zero attached hydrogens (tertiary/aromatic N) is 2. The van der Waals surface area contributed by atoms with Crippen molar-refractivity contribution in [1.29, 1.82) is 0 Å². The largest absolute Gasteiger partial charge is 0.364 e. The molecular weight excluding hydrogens is 196 g/mol. The van der Waals surface area contributed by atoms with Gasteiger partial charge in [-0.3, -0.25) is 0 Å². The lowest BCUT2D eigenvalue weighted by Crippen LogP contribution is -2.22. The Kier molecular flexibility index (Phi) is 3.21. The molecule has 1 aromatic heterocycles. The first-order chi connectivity index (χ1) is 6.88. The Hall–Kier alpha value is -0.810. The molecule has 0 aromatic carbocycles. The van der Waals surface area contributed by atoms with Crippen LogP contribution in [0.2, 0.25) is 0 Å². The lowest BCUT2D eigenvalue weighted by Gasteiger charge is -2.11. The molecule has 0 aliphatic carbocycles. The average Bonchev–Trinajstić information content (AvgIpc) is 2.71. The molecule has 4 nitrogen and oxygen atoms in total. The first-order valence-corrected chi connectivity index (χ1v) is 5.95. The molecule has 0 amide bonds. The number of anilines is 1. The smallest absolute Gasteiger partial charge is 0.150 e. The van der Waals surface area contributed by atoms with Crippen LogP contribution in [-0.2, 0) is 0 Å². The van der Waals surface area contributed by atoms with Gasteiger partial charge in [-0.15, -0.1) is 16.9 Å². The van der Waals surface area contributed by atoms with Crippen LogP contribution in [-0.4, -0.2) is 35.6 Å². The van der Waals surface area contributed by atoms with Crippen molar-refractivity contribution in [1.82, 2.24) is 15.5 Å². The fourth-order valence-corrected chi connectivity index (χ4v) is 1.90. The summed E-state index contributed by atoms with van der Waals surface area (Å²) in [4.78, 5) is 1.15. The summed E-state index contributed by atoms with van der Waals surface area (Å²) < 4.78 is 0. The van der Waals surface area contributed by atoms with Crippen LogP contribution in [0, 0.1) is 0 Å². The van der Waals surface area contributed by atoms with Gasteiger partial charge in [-0.25, -0.2) is 0 Å². The minimum absolute atomic E-state index is 0.501. The summed E-state index contributed by atoms with van der Waals surface area (Å²) in [6.45, 7) is 2.11. The molecule has 1 fully saturated rings. The molecule has 1 atom stereocenters. The number of nitrogens with one attached hydrogen (secondary N) is 2. The highest BCUT2D eigenvalue weighted by Gasteiger charge is 2.14. The van der Waals surface area contributed by atoms with Gasteiger partial charge in [-0.05, 0) is 25.3 Å². The summed E-state index contributed by atoms with van der Waals surface area (Å²) in [5.41, 5.74) is 0. The van der Waals surface area contributed by atoms with Crippen molar-refractivity contribution >= 4 is 17.6 Å². The van der Waals surface area contributed by atoms with Crippen LogP contribution >= 0.6 is 11.8 Å². The third kappa shape index (κ3) is 2.36. The Labute approximate surface area is 87.9 Å². The fraction of sp³-hybridized carbons (Fsp3) is 0.556. The number of aromatic nitrogens is 2. The minimum atomic E-state index is 0.501. The van der Waals surface area contributed by atoms with Crippen LogP contribution in [0.1, 0.15) is 6.42 Å². The molecule has 2 heterocycles. The van der Waals surface area contributed by atoms with E-state index in [-0.39, 0.29) is 0 Å². The van der Waals surface area contributed by atoms with Crippen LogP contribution in [0.15, 0.2) is 17.2 Å². The zero-order valence-corrected chi connectivity index (χ0v) is 8.97. The van der Waals surface area contributed by atoms with Crippen LogP contribution in [0.25, 0.3) is 0 Å². The Bertz CT molecular complexity index is 299. The van der Waals surface area contributed by atoms with Crippen LogP contribution in [0.3, 0.4) is 0 Å². The topological polar surface area (TPSA) is 49.8 Å². The molecular formula is C9H14N4S. The van der Waals surface area contributed by atoms with E-state index in [2.05, 4.69) is 20.8 Å². The van der Waals surface area contributed by atoms with Gasteiger partial charge in [0.25, 0.3) is 0 Å². The molecule has 0 spiro atoms. The van der Waals surface area contributed by atoms with E-state index < -0.39 is 0 Å². The van der Waals surface area contributed by atoms with E-state index in [0.717, 1.165) is 30.2 Å². The SMILES string of the molecule is CSc1cnnc(NC2CCNC2)c1. The Morgan fingerprint density at radius 2 is 2.57 bits per heavy atom. The number of hydrogen-bond donors (Lipinski definition) is 2. The first kappa shape index (κ1) is 9.73. The van der Waals surface area contributed by atoms with Gasteiger partial charge >= 0.3 is 0 Å². The summed E-state index contributed by atoms with van der Waals surface area (Å²) in [6, 6.07) is 2.54. The maximum Gasteiger partial charge on any atom is 0.150 e. The van der Waals surface area contributed by atoms with Crippen molar-refractivity contribution in [2.75, 3.05) is 24.7 Å². The van der Waals surface area contributed by atoms with Gasteiger partial charge in [-0.1, -0.05) is 0 Å². The predicted molar refractivity (Wildman–Crippen MR) is 58.7 cm³/mol. The minimum Gasteiger partial charge on any atom is -0.364 e. The van der Waals surface area contributed by atoms with Gasteiger partial charge in [0, 0.05) is 17.5 Å². The third-order valence-electron chi connectivity index (χ3n) is 2.28. The van der Waals surface area contributed by atoms with Crippen LogP contribution in [0.4, 0.5) is 5.82 Å². The molecule has 1 saturated heterocycles. The quantitative estimate of drug-likeness (QED) is 0.728. The van der Waals surface area contributed by atoms with Crippen molar-refractivity contribution in [3.63, 3.8) is 0 Å². The number of thioether (sulfide) groups is 1. The van der Waals surface area contributed by atoms with Gasteiger partial charge in [-0.2, -0.15) is 5.10 Å². The Balaban J connectivity index is 2.00. The Morgan fingerprint density at radius 1 is 1.64 bits per heavy atom. The summed E-state index contributed by atoms with van der Waals surface area (Å²) >= 11 is 1.68. The van der Waals surface area contributed by atoms with Crippen molar-refractivity contribution < 1.29 is 0 Å². The first-order valence-electron chi connectivity index (χ1n) is 4.72. The molecule has 76 valence electrons. The highest BCUT2D eigenvalue weighted by Crippen LogP contribution is 2.16. The van der Waals surface area contributed by atoms with E-state index in [4.69, 9.17) is 0 Å². The molecule has 1 unspecified atom stereocenters. The van der Waals surface area contributed by atoms with Crippen LogP contribution in [0.5, 0.6) is 0 Å². The Morgan fingerprint density at radius 3 is 3.29 bits per heavy atom. The lowest BCUT2D eigenvalue weighted by atomic mass is 10.2. The fourth-order valence-electron chi connectivity index (χ4n) is 1.52. The van der Waals surface area contributed by atoms with Crippen molar-refractivity contribution in [3.05, 3.63) is 12.3 Å². The van der Waals surface area contributed by atoms with Crippen molar-refractivity contribution in [2.24, 2.45) is 0 Å². The zero-order valence-electron chi connectivity index (χ0n) is 8.16. The second-order valence-corrected chi connectivity index (χ2v) is 4.19. The highest BCUT2D eigenvalue weighted by atomic mass is 32.2. The third-order valence-corrected chi connectivity index (χ3v) is 2.97. The summed E-state index contributed by atoms with van der Waals surface area (Å²) in [5.74, 6) is 0.880. The van der Waals surface area contributed by atoms with Gasteiger partial charge < -0.3 is 10.6 Å². The number of rotatable bonds is 3. The molecule has 14 heavy (non-hydrogen) atoms. The highest BCUT2D eigenvalue weighted by molar-refractivity contribution is 7.98. The molecule has 1 aliphatic heterocycles. The molecule has 0 bridgehead atoms. The average molecular weight is 210 g/mol. The molecule has 0 saturated carbocycles. The second kappa shape index (κ2) is 4.61. The maximum atomic E-state index is 4.05. The van der Waals surface area contributed by atoms with Crippen LogP contribution < -0.4 is 10.6 Å². The molecule has 0 radical (unpaired) electrons. The predicted octanol–water partition coefficient (Wildman–Crippen LogP) is 0.972. The van der Waals surface area contributed by atoms with Gasteiger partial charge in [0.05, 0.1) is 6.20 Å². The van der Waals surface area contributed by atoms with E-state index in [1.54, 1.807) is 18.0 Å². The lowest BCUT2D eigenvalue weighted by molar-refractivity contribution is 0.780. The van der Waals surface area contributed by atoms with E-state index in [1.807, 2.05) is 12.3 Å². The summed E-state index contributed by atoms with van der Waals surface area (Å²) in [7, 11) is 0. The standard InChI is InChI=1S/C9H14N4S/c1-14-8-4-9(13-11-6-8)12-7-2-3-10-5-7/h4,6-7,10H,2-3,5H2,1H3,(H,12,13). The van der Waals surface area contributed by atoms with Crippen molar-refractivity contribution in [2.45, 2.75) is 17.4 Å². The normalized spacial score (nSPS) is 21.1. The molecule has 1 aliphatic rings. The van der Waals surface area contributed by atoms with Gasteiger partial charge in [0.15, 0.2) is 0 Å². The summed E-state index contributed by atoms with van der Waals surface area (Å²) in [5, 5.41) is 14.7.